The van der Waals surface area contributed by atoms with Gasteiger partial charge in [-0.2, -0.15) is 0 Å². The topological polar surface area (TPSA) is 116 Å². The molecule has 9 nitrogen and oxygen atoms in total. The van der Waals surface area contributed by atoms with Gasteiger partial charge in [0.25, 0.3) is 5.91 Å². The van der Waals surface area contributed by atoms with E-state index >= 15 is 0 Å². The standard InChI is InChI=1S/C21H21N5O4.2ClH/c22-14-2-1-7-26(10-14)17-5-6-23-9-15(17)24-20(27)16-11-28-21(25-16)13-3-4-18-19(8-13)30-12-29-18;;/h3-6,8-9,11,14H,1-2,7,10,12,22H2,(H,24,27);2*1H/t14-;;/m0../s1. The van der Waals surface area contributed by atoms with E-state index in [1.54, 1.807) is 30.6 Å². The minimum absolute atomic E-state index is 0. The molecule has 11 heteroatoms. The molecule has 1 amide bonds. The quantitative estimate of drug-likeness (QED) is 0.583. The Balaban J connectivity index is 0.00000144. The van der Waals surface area contributed by atoms with Crippen LogP contribution >= 0.6 is 24.8 Å². The third-order valence-electron chi connectivity index (χ3n) is 5.20. The fraction of sp³-hybridized carbons (Fsp3) is 0.286. The van der Waals surface area contributed by atoms with Crippen molar-refractivity contribution < 1.29 is 18.7 Å². The lowest BCUT2D eigenvalue weighted by Crippen LogP contribution is -2.43. The number of aromatic nitrogens is 2. The van der Waals surface area contributed by atoms with Gasteiger partial charge >= 0.3 is 0 Å². The van der Waals surface area contributed by atoms with Gasteiger partial charge in [-0.25, -0.2) is 4.98 Å². The molecule has 0 saturated carbocycles. The molecule has 32 heavy (non-hydrogen) atoms. The van der Waals surface area contributed by atoms with Crippen LogP contribution in [0.3, 0.4) is 0 Å². The number of pyridine rings is 1. The van der Waals surface area contributed by atoms with Gasteiger partial charge in [-0.3, -0.25) is 9.78 Å². The Kier molecular flexibility index (Phi) is 7.44. The Morgan fingerprint density at radius 3 is 2.88 bits per heavy atom. The van der Waals surface area contributed by atoms with Crippen molar-refractivity contribution >= 4 is 42.1 Å². The van der Waals surface area contributed by atoms with Gasteiger partial charge in [-0.1, -0.05) is 0 Å². The first-order chi connectivity index (χ1) is 14.7. The van der Waals surface area contributed by atoms with E-state index < -0.39 is 0 Å². The summed E-state index contributed by atoms with van der Waals surface area (Å²) in [6, 6.07) is 7.37. The zero-order chi connectivity index (χ0) is 20.5. The predicted octanol–water partition coefficient (Wildman–Crippen LogP) is 3.49. The average Bonchev–Trinajstić information content (AvgIpc) is 3.43. The van der Waals surface area contributed by atoms with Crippen LogP contribution < -0.4 is 25.4 Å². The number of oxazole rings is 1. The second kappa shape index (κ2) is 10.1. The van der Waals surface area contributed by atoms with E-state index in [9.17, 15) is 4.79 Å². The van der Waals surface area contributed by atoms with Crippen LogP contribution in [-0.2, 0) is 0 Å². The lowest BCUT2D eigenvalue weighted by molar-refractivity contribution is 0.102. The highest BCUT2D eigenvalue weighted by Gasteiger charge is 2.22. The Hall–Kier alpha value is -3.01. The van der Waals surface area contributed by atoms with Gasteiger partial charge in [0.2, 0.25) is 12.7 Å². The molecular weight excluding hydrogens is 457 g/mol. The van der Waals surface area contributed by atoms with Crippen LogP contribution in [0.15, 0.2) is 47.3 Å². The lowest BCUT2D eigenvalue weighted by Gasteiger charge is -2.33. The number of ether oxygens (including phenoxy) is 2. The summed E-state index contributed by atoms with van der Waals surface area (Å²) in [6.45, 7) is 1.82. The van der Waals surface area contributed by atoms with E-state index in [0.717, 1.165) is 31.6 Å². The summed E-state index contributed by atoms with van der Waals surface area (Å²) in [5.74, 6) is 1.24. The second-order valence-corrected chi connectivity index (χ2v) is 7.30. The SMILES string of the molecule is Cl.Cl.N[C@H]1CCCN(c2ccncc2NC(=O)c2coc(-c3ccc4c(c3)OCO4)n2)C1. The van der Waals surface area contributed by atoms with Crippen molar-refractivity contribution in [3.8, 4) is 23.0 Å². The van der Waals surface area contributed by atoms with Gasteiger partial charge in [0.15, 0.2) is 17.2 Å². The van der Waals surface area contributed by atoms with E-state index in [1.807, 2.05) is 6.07 Å². The number of amides is 1. The molecule has 0 aliphatic carbocycles. The van der Waals surface area contributed by atoms with Gasteiger partial charge in [-0.05, 0) is 37.1 Å². The van der Waals surface area contributed by atoms with Crippen LogP contribution in [0.2, 0.25) is 0 Å². The summed E-state index contributed by atoms with van der Waals surface area (Å²) in [5, 5.41) is 2.89. The number of carbonyl (C=O) groups is 1. The van der Waals surface area contributed by atoms with Crippen molar-refractivity contribution in [1.29, 1.82) is 0 Å². The molecule has 1 atom stereocenters. The monoisotopic (exact) mass is 479 g/mol. The number of rotatable bonds is 4. The van der Waals surface area contributed by atoms with E-state index in [1.165, 1.54) is 6.26 Å². The molecule has 1 saturated heterocycles. The second-order valence-electron chi connectivity index (χ2n) is 7.30. The van der Waals surface area contributed by atoms with Crippen LogP contribution in [0.4, 0.5) is 11.4 Å². The van der Waals surface area contributed by atoms with Gasteiger partial charge in [0.1, 0.15) is 6.26 Å². The van der Waals surface area contributed by atoms with Gasteiger partial charge < -0.3 is 29.8 Å². The highest BCUT2D eigenvalue weighted by molar-refractivity contribution is 6.04. The Labute approximate surface area is 197 Å². The van der Waals surface area contributed by atoms with Crippen LogP contribution in [0.1, 0.15) is 23.3 Å². The van der Waals surface area contributed by atoms with Crippen molar-refractivity contribution in [2.24, 2.45) is 5.73 Å². The Morgan fingerprint density at radius 1 is 1.19 bits per heavy atom. The first kappa shape index (κ1) is 23.6. The maximum absolute atomic E-state index is 12.8. The molecule has 4 heterocycles. The minimum Gasteiger partial charge on any atom is -0.454 e. The van der Waals surface area contributed by atoms with Crippen molar-refractivity contribution in [2.75, 3.05) is 30.1 Å². The molecule has 0 bridgehead atoms. The highest BCUT2D eigenvalue weighted by Crippen LogP contribution is 2.35. The van der Waals surface area contributed by atoms with Gasteiger partial charge in [0.05, 0.1) is 17.6 Å². The van der Waals surface area contributed by atoms with Crippen LogP contribution in [-0.4, -0.2) is 41.8 Å². The number of nitrogens with zero attached hydrogens (tertiary/aromatic N) is 3. The Bertz CT molecular complexity index is 1090. The molecule has 5 rings (SSSR count). The first-order valence-corrected chi connectivity index (χ1v) is 9.79. The molecule has 0 unspecified atom stereocenters. The summed E-state index contributed by atoms with van der Waals surface area (Å²) >= 11 is 0. The maximum atomic E-state index is 12.8. The summed E-state index contributed by atoms with van der Waals surface area (Å²) in [7, 11) is 0. The zero-order valence-corrected chi connectivity index (χ0v) is 18.7. The first-order valence-electron chi connectivity index (χ1n) is 9.79. The molecule has 0 spiro atoms. The molecule has 0 radical (unpaired) electrons. The molecular formula is C21H23Cl2N5O4. The summed E-state index contributed by atoms with van der Waals surface area (Å²) in [6.07, 6.45) is 6.69. The van der Waals surface area contributed by atoms with E-state index in [0.29, 0.717) is 28.6 Å². The lowest BCUT2D eigenvalue weighted by atomic mass is 10.1. The Morgan fingerprint density at radius 2 is 2.03 bits per heavy atom. The number of nitrogens with two attached hydrogens (primary N) is 1. The number of carbonyl (C=O) groups excluding carboxylic acids is 1. The number of fused-ring (bicyclic) bond motifs is 1. The molecule has 2 aliphatic heterocycles. The molecule has 170 valence electrons. The third-order valence-corrected chi connectivity index (χ3v) is 5.20. The van der Waals surface area contributed by atoms with Crippen LogP contribution in [0, 0.1) is 0 Å². The number of halogens is 2. The predicted molar refractivity (Wildman–Crippen MR) is 124 cm³/mol. The fourth-order valence-electron chi connectivity index (χ4n) is 3.71. The fourth-order valence-corrected chi connectivity index (χ4v) is 3.71. The van der Waals surface area contributed by atoms with Crippen molar-refractivity contribution in [1.82, 2.24) is 9.97 Å². The number of nitrogens with one attached hydrogen (secondary N) is 1. The van der Waals surface area contributed by atoms with Crippen LogP contribution in [0.25, 0.3) is 11.5 Å². The van der Waals surface area contributed by atoms with E-state index in [2.05, 4.69) is 20.2 Å². The van der Waals surface area contributed by atoms with Gasteiger partial charge in [0, 0.05) is 30.9 Å². The summed E-state index contributed by atoms with van der Waals surface area (Å²) in [5.41, 5.74) is 8.50. The largest absolute Gasteiger partial charge is 0.454 e. The van der Waals surface area contributed by atoms with E-state index in [4.69, 9.17) is 19.6 Å². The minimum atomic E-state index is -0.374. The number of hydrogen-bond donors (Lipinski definition) is 2. The molecule has 3 aromatic rings. The normalized spacial score (nSPS) is 16.7. The smallest absolute Gasteiger partial charge is 0.277 e. The number of anilines is 2. The summed E-state index contributed by atoms with van der Waals surface area (Å²) < 4.78 is 16.2. The molecule has 2 aliphatic rings. The van der Waals surface area contributed by atoms with E-state index in [-0.39, 0.29) is 49.2 Å². The molecule has 3 N–H and O–H groups in total. The number of benzene rings is 1. The van der Waals surface area contributed by atoms with Crippen molar-refractivity contribution in [3.05, 3.63) is 48.6 Å². The summed E-state index contributed by atoms with van der Waals surface area (Å²) in [4.78, 5) is 23.4. The molecule has 1 fully saturated rings. The number of piperidine rings is 1. The third kappa shape index (κ3) is 4.74. The molecule has 2 aromatic heterocycles. The van der Waals surface area contributed by atoms with Crippen molar-refractivity contribution in [2.45, 2.75) is 18.9 Å². The molecule has 1 aromatic carbocycles. The zero-order valence-electron chi connectivity index (χ0n) is 17.0. The maximum Gasteiger partial charge on any atom is 0.277 e. The number of hydrogen-bond acceptors (Lipinski definition) is 8. The van der Waals surface area contributed by atoms with Crippen molar-refractivity contribution in [3.63, 3.8) is 0 Å². The van der Waals surface area contributed by atoms with Crippen LogP contribution in [0.5, 0.6) is 11.5 Å². The average molecular weight is 480 g/mol. The highest BCUT2D eigenvalue weighted by atomic mass is 35.5. The van der Waals surface area contributed by atoms with Gasteiger partial charge in [-0.15, -0.1) is 24.8 Å².